The maximum absolute atomic E-state index is 9.65. The molecule has 1 aliphatic rings. The molecular weight excluding hydrogens is 206 g/mol. The summed E-state index contributed by atoms with van der Waals surface area (Å²) in [6.45, 7) is 9.90. The lowest BCUT2D eigenvalue weighted by molar-refractivity contribution is 0.0278. The van der Waals surface area contributed by atoms with Crippen LogP contribution < -0.4 is 0 Å². The molecule has 0 amide bonds. The smallest absolute Gasteiger partial charge is 0.0590 e. The molecule has 1 aliphatic heterocycles. The van der Waals surface area contributed by atoms with Gasteiger partial charge in [0.25, 0.3) is 0 Å². The van der Waals surface area contributed by atoms with E-state index in [1.54, 1.807) is 0 Å². The monoisotopic (exact) mass is 231 g/mol. The van der Waals surface area contributed by atoms with Crippen LogP contribution in [0.2, 0.25) is 0 Å². The van der Waals surface area contributed by atoms with Crippen molar-refractivity contribution in [1.29, 1.82) is 0 Å². The predicted molar refractivity (Wildman–Crippen MR) is 68.4 cm³/mol. The minimum absolute atomic E-state index is 0.0882. The van der Waals surface area contributed by atoms with E-state index in [9.17, 15) is 5.11 Å². The van der Waals surface area contributed by atoms with Crippen LogP contribution in [0.3, 0.4) is 0 Å². The van der Waals surface area contributed by atoms with Crippen molar-refractivity contribution in [3.63, 3.8) is 0 Å². The Morgan fingerprint density at radius 1 is 1.47 bits per heavy atom. The zero-order valence-corrected chi connectivity index (χ0v) is 11.1. The highest BCUT2D eigenvalue weighted by Crippen LogP contribution is 2.20. The normalized spacial score (nSPS) is 30.8. The van der Waals surface area contributed by atoms with Gasteiger partial charge in [0.2, 0.25) is 0 Å². The molecule has 0 aromatic heterocycles. The van der Waals surface area contributed by atoms with Gasteiger partial charge in [-0.25, -0.2) is 0 Å². The molecule has 1 heterocycles. The summed E-state index contributed by atoms with van der Waals surface area (Å²) in [5.41, 5.74) is 0. The highest BCUT2D eigenvalue weighted by atomic mass is 32.1. The Bertz CT molecular complexity index is 186. The van der Waals surface area contributed by atoms with Crippen LogP contribution in [-0.2, 0) is 0 Å². The average molecular weight is 231 g/mol. The molecule has 1 rings (SSSR count). The molecule has 0 aromatic rings. The van der Waals surface area contributed by atoms with Crippen LogP contribution in [0.1, 0.15) is 27.2 Å². The molecule has 0 aliphatic carbocycles. The van der Waals surface area contributed by atoms with E-state index in [0.717, 1.165) is 31.8 Å². The second-order valence-corrected chi connectivity index (χ2v) is 5.64. The number of likely N-dealkylation sites (tertiary alicyclic amines) is 1. The van der Waals surface area contributed by atoms with Crippen molar-refractivity contribution in [3.05, 3.63) is 0 Å². The number of aliphatic hydroxyl groups is 1. The molecule has 3 atom stereocenters. The Balaban J connectivity index is 2.38. The van der Waals surface area contributed by atoms with Gasteiger partial charge < -0.3 is 10.0 Å². The highest BCUT2D eigenvalue weighted by molar-refractivity contribution is 7.80. The van der Waals surface area contributed by atoms with Gasteiger partial charge in [-0.15, -0.1) is 0 Å². The summed E-state index contributed by atoms with van der Waals surface area (Å²) in [6, 6.07) is 0. The van der Waals surface area contributed by atoms with Crippen LogP contribution in [0.5, 0.6) is 0 Å². The van der Waals surface area contributed by atoms with E-state index in [0.29, 0.717) is 17.8 Å². The second-order valence-electron chi connectivity index (χ2n) is 5.28. The molecule has 90 valence electrons. The van der Waals surface area contributed by atoms with Crippen LogP contribution in [0, 0.1) is 17.8 Å². The van der Waals surface area contributed by atoms with E-state index in [1.165, 1.54) is 0 Å². The van der Waals surface area contributed by atoms with Crippen LogP contribution >= 0.6 is 12.6 Å². The van der Waals surface area contributed by atoms with Crippen LogP contribution in [0.4, 0.5) is 0 Å². The lowest BCUT2D eigenvalue weighted by Gasteiger charge is -2.37. The second kappa shape index (κ2) is 6.12. The maximum Gasteiger partial charge on any atom is 0.0590 e. The fraction of sp³-hybridized carbons (Fsp3) is 1.00. The minimum Gasteiger partial charge on any atom is -0.393 e. The zero-order chi connectivity index (χ0) is 11.4. The summed E-state index contributed by atoms with van der Waals surface area (Å²) in [6.07, 6.45) is 0.841. The summed E-state index contributed by atoms with van der Waals surface area (Å²) in [5, 5.41) is 9.65. The number of piperidine rings is 1. The van der Waals surface area contributed by atoms with Crippen molar-refractivity contribution in [2.45, 2.75) is 33.3 Å². The molecule has 0 bridgehead atoms. The van der Waals surface area contributed by atoms with Gasteiger partial charge in [-0.3, -0.25) is 0 Å². The van der Waals surface area contributed by atoms with Crippen LogP contribution in [0.25, 0.3) is 0 Å². The zero-order valence-electron chi connectivity index (χ0n) is 10.2. The fourth-order valence-electron chi connectivity index (χ4n) is 2.20. The molecule has 2 nitrogen and oxygen atoms in total. The van der Waals surface area contributed by atoms with Gasteiger partial charge >= 0.3 is 0 Å². The Hall–Kier alpha value is 0.270. The number of thiol groups is 1. The van der Waals surface area contributed by atoms with Gasteiger partial charge in [-0.1, -0.05) is 20.8 Å². The molecular formula is C12H25NOS. The quantitative estimate of drug-likeness (QED) is 0.722. The largest absolute Gasteiger partial charge is 0.393 e. The van der Waals surface area contributed by atoms with Gasteiger partial charge in [0.05, 0.1) is 6.10 Å². The Morgan fingerprint density at radius 3 is 2.60 bits per heavy atom. The van der Waals surface area contributed by atoms with E-state index < -0.39 is 0 Å². The first-order valence-electron chi connectivity index (χ1n) is 6.05. The molecule has 1 N–H and O–H groups in total. The van der Waals surface area contributed by atoms with Crippen molar-refractivity contribution in [1.82, 2.24) is 4.90 Å². The first kappa shape index (κ1) is 13.3. The average Bonchev–Trinajstić information content (AvgIpc) is 2.19. The molecule has 1 fully saturated rings. The molecule has 3 unspecified atom stereocenters. The number of hydrogen-bond donors (Lipinski definition) is 2. The van der Waals surface area contributed by atoms with Crippen LogP contribution in [0.15, 0.2) is 0 Å². The number of nitrogens with zero attached hydrogens (tertiary/aromatic N) is 1. The number of hydrogen-bond acceptors (Lipinski definition) is 3. The van der Waals surface area contributed by atoms with Crippen molar-refractivity contribution in [2.24, 2.45) is 17.8 Å². The predicted octanol–water partition coefficient (Wildman–Crippen LogP) is 1.89. The lowest BCUT2D eigenvalue weighted by Crippen LogP contribution is -2.44. The van der Waals surface area contributed by atoms with Gasteiger partial charge in [-0.05, 0) is 29.9 Å². The van der Waals surface area contributed by atoms with E-state index in [4.69, 9.17) is 0 Å². The first-order chi connectivity index (χ1) is 7.04. The van der Waals surface area contributed by atoms with E-state index >= 15 is 0 Å². The summed E-state index contributed by atoms with van der Waals surface area (Å²) in [4.78, 5) is 2.48. The van der Waals surface area contributed by atoms with Crippen molar-refractivity contribution in [3.8, 4) is 0 Å². The molecule has 15 heavy (non-hydrogen) atoms. The topological polar surface area (TPSA) is 23.5 Å². The minimum atomic E-state index is -0.0882. The Kier molecular flexibility index (Phi) is 5.44. The van der Waals surface area contributed by atoms with Crippen LogP contribution in [-0.4, -0.2) is 41.5 Å². The van der Waals surface area contributed by atoms with Gasteiger partial charge in [0.1, 0.15) is 0 Å². The van der Waals surface area contributed by atoms with Crippen molar-refractivity contribution in [2.75, 3.05) is 25.4 Å². The van der Waals surface area contributed by atoms with Gasteiger partial charge in [0.15, 0.2) is 0 Å². The van der Waals surface area contributed by atoms with Gasteiger partial charge in [0, 0.05) is 19.6 Å². The molecule has 3 heteroatoms. The molecule has 0 radical (unpaired) electrons. The van der Waals surface area contributed by atoms with Crippen molar-refractivity contribution < 1.29 is 5.11 Å². The Morgan fingerprint density at radius 2 is 2.13 bits per heavy atom. The third kappa shape index (κ3) is 3.97. The fourth-order valence-corrected chi connectivity index (χ4v) is 2.73. The van der Waals surface area contributed by atoms with E-state index in [-0.39, 0.29) is 6.10 Å². The van der Waals surface area contributed by atoms with E-state index in [1.807, 2.05) is 0 Å². The number of aliphatic hydroxyl groups excluding tert-OH is 1. The summed E-state index contributed by atoms with van der Waals surface area (Å²) < 4.78 is 0. The molecule has 0 spiro atoms. The Labute approximate surface area is 99.5 Å². The summed E-state index contributed by atoms with van der Waals surface area (Å²) in [5.74, 6) is 2.76. The summed E-state index contributed by atoms with van der Waals surface area (Å²) >= 11 is 4.42. The van der Waals surface area contributed by atoms with Crippen molar-refractivity contribution >= 4 is 12.6 Å². The third-order valence-corrected chi connectivity index (χ3v) is 4.08. The first-order valence-corrected chi connectivity index (χ1v) is 6.69. The van der Waals surface area contributed by atoms with Gasteiger partial charge in [-0.2, -0.15) is 12.6 Å². The molecule has 1 saturated heterocycles. The standard InChI is InChI=1S/C12H25NOS/c1-9(2)11(8-15)7-13-5-4-12(14)10(3)6-13/h9-12,14-15H,4-8H2,1-3H3. The highest BCUT2D eigenvalue weighted by Gasteiger charge is 2.26. The molecule has 0 saturated carbocycles. The lowest BCUT2D eigenvalue weighted by atomic mass is 9.93. The number of rotatable bonds is 4. The SMILES string of the molecule is CC(C)C(CS)CN1CCC(O)C(C)C1. The van der Waals surface area contributed by atoms with E-state index in [2.05, 4.69) is 38.3 Å². The molecule has 0 aromatic carbocycles. The third-order valence-electron chi connectivity index (χ3n) is 3.61. The summed E-state index contributed by atoms with van der Waals surface area (Å²) in [7, 11) is 0. The maximum atomic E-state index is 9.65.